The third-order valence-electron chi connectivity index (χ3n) is 3.35. The molecule has 0 aliphatic rings. The van der Waals surface area contributed by atoms with Gasteiger partial charge in [-0.05, 0) is 42.5 Å². The van der Waals surface area contributed by atoms with Crippen LogP contribution in [0.25, 0.3) is 0 Å². The molecular formula is C19H13F3N2O3. The monoisotopic (exact) mass is 374 g/mol. The molecule has 0 radical (unpaired) electrons. The van der Waals surface area contributed by atoms with E-state index in [1.54, 1.807) is 24.3 Å². The maximum atomic E-state index is 13.0. The number of carbonyl (C=O) groups is 1. The number of hydrogen-bond acceptors (Lipinski definition) is 4. The van der Waals surface area contributed by atoms with E-state index in [9.17, 15) is 18.0 Å². The predicted molar refractivity (Wildman–Crippen MR) is 91.3 cm³/mol. The summed E-state index contributed by atoms with van der Waals surface area (Å²) in [5.74, 6) is 0.370. The Bertz CT molecular complexity index is 903. The quantitative estimate of drug-likeness (QED) is 0.596. The SMILES string of the molecule is O=C(Oc1ccccc1)N(Oc1cccnc1)c1cccc(C(F)(F)F)c1. The molecule has 3 rings (SSSR count). The lowest BCUT2D eigenvalue weighted by atomic mass is 10.2. The van der Waals surface area contributed by atoms with Crippen molar-refractivity contribution in [1.82, 2.24) is 4.98 Å². The summed E-state index contributed by atoms with van der Waals surface area (Å²) in [4.78, 5) is 21.8. The van der Waals surface area contributed by atoms with Crippen LogP contribution in [0.4, 0.5) is 23.7 Å². The van der Waals surface area contributed by atoms with Crippen molar-refractivity contribution in [2.45, 2.75) is 6.18 Å². The van der Waals surface area contributed by atoms with Crippen LogP contribution in [0.1, 0.15) is 5.56 Å². The number of anilines is 1. The van der Waals surface area contributed by atoms with Crippen LogP contribution in [0, 0.1) is 0 Å². The van der Waals surface area contributed by atoms with Crippen LogP contribution in [0.15, 0.2) is 79.1 Å². The summed E-state index contributed by atoms with van der Waals surface area (Å²) >= 11 is 0. The van der Waals surface area contributed by atoms with Crippen molar-refractivity contribution in [3.63, 3.8) is 0 Å². The number of hydroxylamine groups is 1. The number of amides is 1. The fourth-order valence-corrected chi connectivity index (χ4v) is 2.14. The highest BCUT2D eigenvalue weighted by molar-refractivity contribution is 5.87. The molecule has 0 bridgehead atoms. The van der Waals surface area contributed by atoms with Gasteiger partial charge in [0.25, 0.3) is 0 Å². The molecule has 3 aromatic rings. The minimum Gasteiger partial charge on any atom is -0.408 e. The van der Waals surface area contributed by atoms with Crippen molar-refractivity contribution in [2.75, 3.05) is 5.06 Å². The summed E-state index contributed by atoms with van der Waals surface area (Å²) in [7, 11) is 0. The van der Waals surface area contributed by atoms with E-state index in [2.05, 4.69) is 4.98 Å². The van der Waals surface area contributed by atoms with Crippen molar-refractivity contribution >= 4 is 11.8 Å². The van der Waals surface area contributed by atoms with Gasteiger partial charge in [0.05, 0.1) is 17.4 Å². The zero-order valence-electron chi connectivity index (χ0n) is 13.8. The van der Waals surface area contributed by atoms with Gasteiger partial charge in [-0.3, -0.25) is 4.98 Å². The van der Waals surface area contributed by atoms with E-state index < -0.39 is 17.8 Å². The van der Waals surface area contributed by atoms with Crippen LogP contribution < -0.4 is 14.6 Å². The highest BCUT2D eigenvalue weighted by Crippen LogP contribution is 2.32. The van der Waals surface area contributed by atoms with Crippen LogP contribution in [0.5, 0.6) is 11.5 Å². The van der Waals surface area contributed by atoms with Crippen LogP contribution in [0.2, 0.25) is 0 Å². The molecule has 1 aromatic heterocycles. The molecule has 0 aliphatic heterocycles. The first-order valence-electron chi connectivity index (χ1n) is 7.76. The minimum absolute atomic E-state index is 0.144. The van der Waals surface area contributed by atoms with E-state index in [0.29, 0.717) is 5.06 Å². The fourth-order valence-electron chi connectivity index (χ4n) is 2.14. The molecule has 2 aromatic carbocycles. The van der Waals surface area contributed by atoms with Crippen LogP contribution in [-0.2, 0) is 6.18 Å². The Morgan fingerprint density at radius 1 is 0.926 bits per heavy atom. The summed E-state index contributed by atoms with van der Waals surface area (Å²) < 4.78 is 44.3. The first kappa shape index (κ1) is 18.2. The molecule has 8 heteroatoms. The molecule has 0 saturated heterocycles. The standard InChI is InChI=1S/C19H13F3N2O3/c20-19(21,22)14-6-4-7-15(12-14)24(27-17-10-5-11-23-13-17)18(25)26-16-8-2-1-3-9-16/h1-13H. The molecule has 0 unspecified atom stereocenters. The first-order valence-corrected chi connectivity index (χ1v) is 7.76. The molecule has 5 nitrogen and oxygen atoms in total. The van der Waals surface area contributed by atoms with Gasteiger partial charge in [-0.25, -0.2) is 4.79 Å². The van der Waals surface area contributed by atoms with Gasteiger partial charge in [0.15, 0.2) is 5.75 Å². The second-order valence-corrected chi connectivity index (χ2v) is 5.30. The van der Waals surface area contributed by atoms with E-state index in [1.165, 1.54) is 42.7 Å². The highest BCUT2D eigenvalue weighted by Gasteiger charge is 2.32. The fraction of sp³-hybridized carbons (Fsp3) is 0.0526. The van der Waals surface area contributed by atoms with Crippen molar-refractivity contribution in [1.29, 1.82) is 0 Å². The topological polar surface area (TPSA) is 51.7 Å². The number of ether oxygens (including phenoxy) is 1. The number of rotatable bonds is 4. The summed E-state index contributed by atoms with van der Waals surface area (Å²) in [6.45, 7) is 0. The average Bonchev–Trinajstić information content (AvgIpc) is 2.67. The normalized spacial score (nSPS) is 10.9. The second kappa shape index (κ2) is 7.77. The Morgan fingerprint density at radius 2 is 1.67 bits per heavy atom. The Morgan fingerprint density at radius 3 is 2.33 bits per heavy atom. The predicted octanol–water partition coefficient (Wildman–Crippen LogP) is 5.10. The number of carbonyl (C=O) groups excluding carboxylic acids is 1. The molecule has 138 valence electrons. The van der Waals surface area contributed by atoms with Crippen molar-refractivity contribution < 1.29 is 27.5 Å². The number of nitrogens with zero attached hydrogens (tertiary/aromatic N) is 2. The van der Waals surface area contributed by atoms with E-state index in [1.807, 2.05) is 0 Å². The second-order valence-electron chi connectivity index (χ2n) is 5.30. The van der Waals surface area contributed by atoms with Gasteiger partial charge in [-0.15, -0.1) is 5.06 Å². The zero-order chi connectivity index (χ0) is 19.3. The Labute approximate surface area is 152 Å². The Hall–Kier alpha value is -3.55. The number of hydrogen-bond donors (Lipinski definition) is 0. The molecule has 27 heavy (non-hydrogen) atoms. The number of pyridine rings is 1. The summed E-state index contributed by atoms with van der Waals surface area (Å²) in [5, 5.41) is 0.638. The number of benzene rings is 2. The van der Waals surface area contributed by atoms with Crippen molar-refractivity contribution in [2.24, 2.45) is 0 Å². The summed E-state index contributed by atoms with van der Waals surface area (Å²) in [6.07, 6.45) is -2.77. The summed E-state index contributed by atoms with van der Waals surface area (Å²) in [5.41, 5.74) is -1.07. The van der Waals surface area contributed by atoms with Gasteiger partial charge in [0.2, 0.25) is 0 Å². The van der Waals surface area contributed by atoms with Crippen molar-refractivity contribution in [3.05, 3.63) is 84.7 Å². The maximum Gasteiger partial charge on any atom is 0.453 e. The van der Waals surface area contributed by atoms with Gasteiger partial charge >= 0.3 is 12.3 Å². The Kier molecular flexibility index (Phi) is 5.25. The first-order chi connectivity index (χ1) is 12.9. The van der Waals surface area contributed by atoms with E-state index in [0.717, 1.165) is 12.1 Å². The Balaban J connectivity index is 1.93. The number of para-hydroxylation sites is 1. The lowest BCUT2D eigenvalue weighted by molar-refractivity contribution is -0.137. The smallest absolute Gasteiger partial charge is 0.408 e. The third-order valence-corrected chi connectivity index (χ3v) is 3.35. The molecule has 0 atom stereocenters. The van der Waals surface area contributed by atoms with E-state index >= 15 is 0 Å². The third kappa shape index (κ3) is 4.75. The van der Waals surface area contributed by atoms with Gasteiger partial charge in [-0.2, -0.15) is 13.2 Å². The highest BCUT2D eigenvalue weighted by atomic mass is 19.4. The van der Waals surface area contributed by atoms with E-state index in [4.69, 9.17) is 9.57 Å². The van der Waals surface area contributed by atoms with Gasteiger partial charge in [-0.1, -0.05) is 24.3 Å². The lowest BCUT2D eigenvalue weighted by Crippen LogP contribution is -2.36. The minimum atomic E-state index is -4.57. The number of alkyl halides is 3. The van der Waals surface area contributed by atoms with Crippen LogP contribution in [0.3, 0.4) is 0 Å². The molecule has 0 saturated carbocycles. The largest absolute Gasteiger partial charge is 0.453 e. The molecule has 0 aliphatic carbocycles. The zero-order valence-corrected chi connectivity index (χ0v) is 13.8. The van der Waals surface area contributed by atoms with E-state index in [-0.39, 0.29) is 17.2 Å². The summed E-state index contributed by atoms with van der Waals surface area (Å²) in [6, 6.07) is 15.3. The van der Waals surface area contributed by atoms with Crippen LogP contribution in [-0.4, -0.2) is 11.1 Å². The van der Waals surface area contributed by atoms with Crippen molar-refractivity contribution in [3.8, 4) is 11.5 Å². The molecule has 1 heterocycles. The van der Waals surface area contributed by atoms with Gasteiger partial charge < -0.3 is 9.57 Å². The molecule has 0 N–H and O–H groups in total. The molecule has 0 fully saturated rings. The molecule has 0 spiro atoms. The number of aromatic nitrogens is 1. The lowest BCUT2D eigenvalue weighted by Gasteiger charge is -2.22. The van der Waals surface area contributed by atoms with Gasteiger partial charge in [0.1, 0.15) is 5.75 Å². The van der Waals surface area contributed by atoms with Gasteiger partial charge in [0, 0.05) is 6.20 Å². The molecular weight excluding hydrogens is 361 g/mol. The molecule has 1 amide bonds. The average molecular weight is 374 g/mol. The number of halogens is 3. The van der Waals surface area contributed by atoms with Crippen LogP contribution >= 0.6 is 0 Å². The maximum absolute atomic E-state index is 13.0.